The minimum Gasteiger partial charge on any atom is -0.490 e. The molecule has 0 spiro atoms. The topological polar surface area (TPSA) is 60.2 Å². The smallest absolute Gasteiger partial charge is 0.254 e. The molecule has 7 heteroatoms. The molecule has 4 rings (SSSR count). The normalized spacial score (nSPS) is 10.9. The molecule has 31 heavy (non-hydrogen) atoms. The molecule has 0 fully saturated rings. The van der Waals surface area contributed by atoms with Gasteiger partial charge in [0.1, 0.15) is 12.4 Å². The van der Waals surface area contributed by atoms with Crippen LogP contribution in [-0.2, 0) is 13.6 Å². The molecule has 0 aliphatic heterocycles. The highest BCUT2D eigenvalue weighted by Crippen LogP contribution is 2.30. The van der Waals surface area contributed by atoms with Gasteiger partial charge in [0.25, 0.3) is 5.91 Å². The van der Waals surface area contributed by atoms with E-state index in [1.807, 2.05) is 68.9 Å². The van der Waals surface area contributed by atoms with Crippen LogP contribution in [0.2, 0.25) is 0 Å². The van der Waals surface area contributed by atoms with Crippen molar-refractivity contribution < 1.29 is 9.53 Å². The predicted molar refractivity (Wildman–Crippen MR) is 124 cm³/mol. The maximum atomic E-state index is 13.5. The van der Waals surface area contributed by atoms with Gasteiger partial charge in [-0.15, -0.1) is 11.3 Å². The number of aromatic nitrogens is 3. The van der Waals surface area contributed by atoms with Gasteiger partial charge >= 0.3 is 0 Å². The second-order valence-electron chi connectivity index (χ2n) is 7.34. The Labute approximate surface area is 185 Å². The van der Waals surface area contributed by atoms with Crippen molar-refractivity contribution in [3.63, 3.8) is 0 Å². The van der Waals surface area contributed by atoms with E-state index in [0.29, 0.717) is 24.4 Å². The van der Waals surface area contributed by atoms with Gasteiger partial charge in [-0.3, -0.25) is 9.48 Å². The number of carbonyl (C=O) groups is 1. The second kappa shape index (κ2) is 8.73. The molecule has 0 bridgehead atoms. The highest BCUT2D eigenvalue weighted by Gasteiger charge is 2.22. The fourth-order valence-corrected chi connectivity index (χ4v) is 4.25. The van der Waals surface area contributed by atoms with Crippen molar-refractivity contribution in [2.45, 2.75) is 13.5 Å². The summed E-state index contributed by atoms with van der Waals surface area (Å²) >= 11 is 1.60. The summed E-state index contributed by atoms with van der Waals surface area (Å²) < 4.78 is 7.27. The van der Waals surface area contributed by atoms with Crippen LogP contribution in [0.4, 0.5) is 0 Å². The Bertz CT molecular complexity index is 1230. The zero-order valence-corrected chi connectivity index (χ0v) is 18.6. The molecule has 0 saturated carbocycles. The van der Waals surface area contributed by atoms with Gasteiger partial charge < -0.3 is 9.64 Å². The van der Waals surface area contributed by atoms with Crippen molar-refractivity contribution in [3.05, 3.63) is 77.3 Å². The van der Waals surface area contributed by atoms with Crippen LogP contribution in [0.1, 0.15) is 21.6 Å². The summed E-state index contributed by atoms with van der Waals surface area (Å²) in [5.74, 6) is 0.716. The van der Waals surface area contributed by atoms with Crippen LogP contribution in [0.25, 0.3) is 21.6 Å². The Morgan fingerprint density at radius 2 is 2.06 bits per heavy atom. The van der Waals surface area contributed by atoms with Crippen molar-refractivity contribution in [3.8, 4) is 16.3 Å². The number of thiophene rings is 1. The third-order valence-electron chi connectivity index (χ3n) is 5.03. The summed E-state index contributed by atoms with van der Waals surface area (Å²) in [7, 11) is 3.67. The van der Waals surface area contributed by atoms with E-state index in [0.717, 1.165) is 33.0 Å². The average molecular weight is 433 g/mol. The lowest BCUT2D eigenvalue weighted by Crippen LogP contribution is -2.26. The number of amides is 1. The number of hydrogen-bond donors (Lipinski definition) is 0. The summed E-state index contributed by atoms with van der Waals surface area (Å²) in [4.78, 5) is 21.0. The first-order chi connectivity index (χ1) is 15.0. The number of hydrogen-bond acceptors (Lipinski definition) is 5. The third-order valence-corrected chi connectivity index (χ3v) is 5.92. The number of aryl methyl sites for hydroxylation is 2. The van der Waals surface area contributed by atoms with Crippen LogP contribution < -0.4 is 4.74 Å². The fourth-order valence-electron chi connectivity index (χ4n) is 3.56. The van der Waals surface area contributed by atoms with Gasteiger partial charge in [-0.1, -0.05) is 30.9 Å². The standard InChI is InChI=1S/C24H24N4O2S/c1-5-12-30-18-10-8-17(9-11-18)15-27(3)24(29)19-14-20(21-7-6-13-31-21)25-23-22(19)16(2)26-28(23)4/h5-11,13-14H,1,12,15H2,2-4H3. The van der Waals surface area contributed by atoms with Crippen LogP contribution in [0.5, 0.6) is 5.75 Å². The molecule has 1 amide bonds. The minimum atomic E-state index is -0.0618. The quantitative estimate of drug-likeness (QED) is 0.392. The number of nitrogens with zero attached hydrogens (tertiary/aromatic N) is 4. The third kappa shape index (κ3) is 4.22. The average Bonchev–Trinajstić information content (AvgIpc) is 3.41. The molecule has 0 aliphatic carbocycles. The van der Waals surface area contributed by atoms with Crippen molar-refractivity contribution in [2.24, 2.45) is 7.05 Å². The van der Waals surface area contributed by atoms with Crippen molar-refractivity contribution in [2.75, 3.05) is 13.7 Å². The zero-order chi connectivity index (χ0) is 22.0. The summed E-state index contributed by atoms with van der Waals surface area (Å²) in [6.45, 7) is 6.51. The van der Waals surface area contributed by atoms with Gasteiger partial charge in [0.15, 0.2) is 5.65 Å². The molecule has 1 aromatic carbocycles. The zero-order valence-electron chi connectivity index (χ0n) is 17.8. The molecule has 0 unspecified atom stereocenters. The molecule has 6 nitrogen and oxygen atoms in total. The van der Waals surface area contributed by atoms with Crippen LogP contribution in [0.15, 0.2) is 60.5 Å². The number of ether oxygens (including phenoxy) is 1. The lowest BCUT2D eigenvalue weighted by atomic mass is 10.1. The summed E-state index contributed by atoms with van der Waals surface area (Å²) in [6, 6.07) is 13.6. The van der Waals surface area contributed by atoms with Crippen molar-refractivity contribution in [1.82, 2.24) is 19.7 Å². The van der Waals surface area contributed by atoms with Gasteiger partial charge in [-0.05, 0) is 42.1 Å². The molecule has 0 N–H and O–H groups in total. The Morgan fingerprint density at radius 3 is 2.74 bits per heavy atom. The molecule has 3 heterocycles. The molecule has 4 aromatic rings. The lowest BCUT2D eigenvalue weighted by molar-refractivity contribution is 0.0787. The largest absolute Gasteiger partial charge is 0.490 e. The molecule has 0 atom stereocenters. The molecule has 158 valence electrons. The Balaban J connectivity index is 1.65. The molecular weight excluding hydrogens is 408 g/mol. The number of benzene rings is 1. The van der Waals surface area contributed by atoms with Crippen molar-refractivity contribution in [1.29, 1.82) is 0 Å². The van der Waals surface area contributed by atoms with Gasteiger partial charge in [0.05, 0.1) is 27.2 Å². The van der Waals surface area contributed by atoms with E-state index in [1.165, 1.54) is 0 Å². The van der Waals surface area contributed by atoms with Gasteiger partial charge in [0, 0.05) is 20.6 Å². The molecule has 0 saturated heterocycles. The van der Waals surface area contributed by atoms with E-state index in [2.05, 4.69) is 11.7 Å². The minimum absolute atomic E-state index is 0.0618. The summed E-state index contributed by atoms with van der Waals surface area (Å²) in [5, 5.41) is 7.30. The number of carbonyl (C=O) groups excluding carboxylic acids is 1. The predicted octanol–water partition coefficient (Wildman–Crippen LogP) is 4.84. The SMILES string of the molecule is C=CCOc1ccc(CN(C)C(=O)c2cc(-c3cccs3)nc3c2c(C)nn3C)cc1. The summed E-state index contributed by atoms with van der Waals surface area (Å²) in [5.41, 5.74) is 3.93. The van der Waals surface area contributed by atoms with E-state index in [9.17, 15) is 4.79 Å². The fraction of sp³-hybridized carbons (Fsp3) is 0.208. The highest BCUT2D eigenvalue weighted by atomic mass is 32.1. The van der Waals surface area contributed by atoms with Crippen LogP contribution in [0.3, 0.4) is 0 Å². The summed E-state index contributed by atoms with van der Waals surface area (Å²) in [6.07, 6.45) is 1.71. The van der Waals surface area contributed by atoms with Gasteiger partial charge in [0.2, 0.25) is 0 Å². The first-order valence-electron chi connectivity index (χ1n) is 9.94. The lowest BCUT2D eigenvalue weighted by Gasteiger charge is -2.19. The molecular formula is C24H24N4O2S. The van der Waals surface area contributed by atoms with Crippen LogP contribution in [0, 0.1) is 6.92 Å². The number of pyridine rings is 1. The highest BCUT2D eigenvalue weighted by molar-refractivity contribution is 7.13. The maximum absolute atomic E-state index is 13.5. The Kier molecular flexibility index (Phi) is 5.86. The van der Waals surface area contributed by atoms with Gasteiger partial charge in [-0.2, -0.15) is 5.10 Å². The second-order valence-corrected chi connectivity index (χ2v) is 8.29. The van der Waals surface area contributed by atoms with Crippen LogP contribution >= 0.6 is 11.3 Å². The monoisotopic (exact) mass is 432 g/mol. The molecule has 0 radical (unpaired) electrons. The van der Waals surface area contributed by atoms with E-state index in [-0.39, 0.29) is 5.91 Å². The van der Waals surface area contributed by atoms with Crippen molar-refractivity contribution >= 4 is 28.3 Å². The molecule has 3 aromatic heterocycles. The van der Waals surface area contributed by atoms with E-state index in [4.69, 9.17) is 9.72 Å². The first kappa shape index (κ1) is 20.8. The van der Waals surface area contributed by atoms with Gasteiger partial charge in [-0.25, -0.2) is 4.98 Å². The van der Waals surface area contributed by atoms with E-state index < -0.39 is 0 Å². The first-order valence-corrected chi connectivity index (χ1v) is 10.8. The van der Waals surface area contributed by atoms with E-state index in [1.54, 1.807) is 27.0 Å². The Morgan fingerprint density at radius 1 is 1.29 bits per heavy atom. The number of rotatable bonds is 7. The van der Waals surface area contributed by atoms with Crippen LogP contribution in [-0.4, -0.2) is 39.2 Å². The molecule has 0 aliphatic rings. The van der Waals surface area contributed by atoms with E-state index >= 15 is 0 Å². The maximum Gasteiger partial charge on any atom is 0.254 e. The number of fused-ring (bicyclic) bond motifs is 1. The Hall–Kier alpha value is -3.45.